The fourth-order valence-electron chi connectivity index (χ4n) is 4.64. The molecule has 1 aromatic carbocycles. The largest absolute Gasteiger partial charge is 0.366 e. The number of nitrogens with zero attached hydrogens (tertiary/aromatic N) is 5. The second-order valence-electron chi connectivity index (χ2n) is 8.44. The van der Waals surface area contributed by atoms with Crippen LogP contribution >= 0.6 is 37.2 Å². The number of piperazine rings is 1. The molecule has 1 N–H and O–H groups in total. The molecule has 12 heteroatoms. The molecule has 0 unspecified atom stereocenters. The third-order valence-electron chi connectivity index (χ3n) is 6.42. The van der Waals surface area contributed by atoms with E-state index in [2.05, 4.69) is 25.2 Å². The van der Waals surface area contributed by atoms with Crippen molar-refractivity contribution in [3.8, 4) is 11.1 Å². The first-order valence-corrected chi connectivity index (χ1v) is 12.7. The van der Waals surface area contributed by atoms with Crippen molar-refractivity contribution in [2.75, 3.05) is 50.4 Å². The number of hydrogen-bond donors (Lipinski definition) is 1. The average Bonchev–Trinajstić information content (AvgIpc) is 3.23. The molecule has 2 aliphatic heterocycles. The van der Waals surface area contributed by atoms with Gasteiger partial charge in [0.2, 0.25) is 0 Å². The number of anilines is 1. The highest BCUT2D eigenvalue weighted by molar-refractivity contribution is 7.90. The molecule has 2 fully saturated rings. The number of benzene rings is 1. The van der Waals surface area contributed by atoms with E-state index in [4.69, 9.17) is 0 Å². The van der Waals surface area contributed by atoms with E-state index in [-0.39, 0.29) is 37.2 Å². The molecule has 0 spiro atoms. The Bertz CT molecular complexity index is 1190. The lowest BCUT2D eigenvalue weighted by molar-refractivity contribution is 0.153. The number of hydrogen-bond acceptors (Lipinski definition) is 7. The molecular formula is C22H31Cl3N6O2S. The minimum atomic E-state index is -3.27. The van der Waals surface area contributed by atoms with E-state index in [1.807, 2.05) is 18.5 Å². The van der Waals surface area contributed by atoms with Crippen LogP contribution in [0.4, 0.5) is 5.69 Å². The molecule has 0 bridgehead atoms. The molecule has 4 heterocycles. The smallest absolute Gasteiger partial charge is 0.175 e. The summed E-state index contributed by atoms with van der Waals surface area (Å²) in [6.07, 6.45) is 9.38. The Hall–Kier alpha value is -1.62. The van der Waals surface area contributed by atoms with Crippen molar-refractivity contribution >= 4 is 58.4 Å². The number of fused-ring (bicyclic) bond motifs is 1. The van der Waals surface area contributed by atoms with Crippen LogP contribution in [-0.4, -0.2) is 79.5 Å². The van der Waals surface area contributed by atoms with Gasteiger partial charge in [-0.15, -0.1) is 37.2 Å². The van der Waals surface area contributed by atoms with Crippen LogP contribution in [0.3, 0.4) is 0 Å². The minimum Gasteiger partial charge on any atom is -0.366 e. The average molecular weight is 550 g/mol. The van der Waals surface area contributed by atoms with Gasteiger partial charge in [-0.2, -0.15) is 5.10 Å². The molecule has 2 saturated heterocycles. The predicted octanol–water partition coefficient (Wildman–Crippen LogP) is 2.94. The van der Waals surface area contributed by atoms with Crippen LogP contribution in [0.15, 0.2) is 47.8 Å². The standard InChI is InChI=1S/C22H28N6O2S.3ClH/c1-31(29,30)20-4-2-3-17(13-20)21-15-25-28-16-19(14-24-22(21)28)27-11-9-26(10-12-27)18-5-7-23-8-6-18;;;/h2-4,13-16,18,23H,5-12H2,1H3;3*1H. The van der Waals surface area contributed by atoms with Gasteiger partial charge in [0.1, 0.15) is 0 Å². The van der Waals surface area contributed by atoms with Gasteiger partial charge in [0, 0.05) is 44.0 Å². The Kier molecular flexibility index (Phi) is 10.00. The maximum atomic E-state index is 11.9. The summed E-state index contributed by atoms with van der Waals surface area (Å²) in [5.74, 6) is 0. The van der Waals surface area contributed by atoms with Crippen molar-refractivity contribution in [1.82, 2.24) is 24.8 Å². The van der Waals surface area contributed by atoms with Crippen molar-refractivity contribution in [1.29, 1.82) is 0 Å². The molecule has 2 aromatic heterocycles. The van der Waals surface area contributed by atoms with Gasteiger partial charge in [-0.25, -0.2) is 17.9 Å². The highest BCUT2D eigenvalue weighted by atomic mass is 35.5. The third-order valence-corrected chi connectivity index (χ3v) is 7.53. The predicted molar refractivity (Wildman–Crippen MR) is 143 cm³/mol. The molecule has 8 nitrogen and oxygen atoms in total. The van der Waals surface area contributed by atoms with Crippen molar-refractivity contribution in [2.24, 2.45) is 0 Å². The van der Waals surface area contributed by atoms with Crippen LogP contribution in [0.5, 0.6) is 0 Å². The lowest BCUT2D eigenvalue weighted by Gasteiger charge is -2.41. The summed E-state index contributed by atoms with van der Waals surface area (Å²) in [7, 11) is -3.27. The first kappa shape index (κ1) is 28.6. The van der Waals surface area contributed by atoms with E-state index in [0.29, 0.717) is 10.9 Å². The van der Waals surface area contributed by atoms with Gasteiger partial charge < -0.3 is 10.2 Å². The minimum absolute atomic E-state index is 0. The van der Waals surface area contributed by atoms with Crippen LogP contribution in [-0.2, 0) is 9.84 Å². The zero-order valence-electron chi connectivity index (χ0n) is 19.0. The number of piperidine rings is 1. The zero-order chi connectivity index (χ0) is 21.4. The van der Waals surface area contributed by atoms with Crippen molar-refractivity contribution < 1.29 is 8.42 Å². The van der Waals surface area contributed by atoms with Gasteiger partial charge in [-0.05, 0) is 43.6 Å². The van der Waals surface area contributed by atoms with Gasteiger partial charge in [0.15, 0.2) is 15.5 Å². The summed E-state index contributed by atoms with van der Waals surface area (Å²) in [6.45, 7) is 6.38. The molecule has 188 valence electrons. The van der Waals surface area contributed by atoms with Gasteiger partial charge in [-0.3, -0.25) is 4.90 Å². The highest BCUT2D eigenvalue weighted by Crippen LogP contribution is 2.27. The summed E-state index contributed by atoms with van der Waals surface area (Å²) in [4.78, 5) is 9.98. The fourth-order valence-corrected chi connectivity index (χ4v) is 5.31. The molecule has 5 rings (SSSR count). The SMILES string of the molecule is CS(=O)(=O)c1cccc(-c2cnn3cc(N4CCN(C5CCNCC5)CC4)cnc23)c1.Cl.Cl.Cl. The summed E-state index contributed by atoms with van der Waals surface area (Å²) in [5.41, 5.74) is 3.42. The first-order valence-electron chi connectivity index (χ1n) is 10.8. The Morgan fingerprint density at radius 3 is 2.38 bits per heavy atom. The molecule has 3 aromatic rings. The van der Waals surface area contributed by atoms with Crippen molar-refractivity contribution in [3.05, 3.63) is 42.9 Å². The first-order chi connectivity index (χ1) is 15.0. The van der Waals surface area contributed by atoms with E-state index >= 15 is 0 Å². The molecule has 34 heavy (non-hydrogen) atoms. The number of rotatable bonds is 4. The maximum absolute atomic E-state index is 11.9. The quantitative estimate of drug-likeness (QED) is 0.536. The van der Waals surface area contributed by atoms with Crippen LogP contribution in [0, 0.1) is 0 Å². The van der Waals surface area contributed by atoms with Crippen LogP contribution < -0.4 is 10.2 Å². The molecule has 2 aliphatic rings. The summed E-state index contributed by atoms with van der Waals surface area (Å²) < 4.78 is 25.6. The van der Waals surface area contributed by atoms with E-state index in [1.165, 1.54) is 19.1 Å². The fraction of sp³-hybridized carbons (Fsp3) is 0.455. The van der Waals surface area contributed by atoms with Gasteiger partial charge in [-0.1, -0.05) is 12.1 Å². The van der Waals surface area contributed by atoms with Crippen LogP contribution in [0.1, 0.15) is 12.8 Å². The topological polar surface area (TPSA) is 82.8 Å². The Balaban J connectivity index is 0.00000136. The van der Waals surface area contributed by atoms with E-state index in [9.17, 15) is 8.42 Å². The van der Waals surface area contributed by atoms with E-state index < -0.39 is 9.84 Å². The zero-order valence-corrected chi connectivity index (χ0v) is 22.2. The summed E-state index contributed by atoms with van der Waals surface area (Å²) >= 11 is 0. The number of aromatic nitrogens is 3. The monoisotopic (exact) mass is 548 g/mol. The van der Waals surface area contributed by atoms with Crippen molar-refractivity contribution in [3.63, 3.8) is 0 Å². The Morgan fingerprint density at radius 1 is 1.00 bits per heavy atom. The number of nitrogens with one attached hydrogen (secondary N) is 1. The third kappa shape index (κ3) is 5.95. The van der Waals surface area contributed by atoms with Crippen molar-refractivity contribution in [2.45, 2.75) is 23.8 Å². The van der Waals surface area contributed by atoms with Gasteiger partial charge >= 0.3 is 0 Å². The normalized spacial score (nSPS) is 17.5. The molecule has 0 amide bonds. The van der Waals surface area contributed by atoms with Crippen LogP contribution in [0.25, 0.3) is 16.8 Å². The van der Waals surface area contributed by atoms with Crippen LogP contribution in [0.2, 0.25) is 0 Å². The number of sulfone groups is 1. The highest BCUT2D eigenvalue weighted by Gasteiger charge is 2.25. The maximum Gasteiger partial charge on any atom is 0.175 e. The van der Waals surface area contributed by atoms with E-state index in [1.54, 1.807) is 28.9 Å². The van der Waals surface area contributed by atoms with Gasteiger partial charge in [0.25, 0.3) is 0 Å². The lowest BCUT2D eigenvalue weighted by atomic mass is 10.0. The summed E-state index contributed by atoms with van der Waals surface area (Å²) in [6, 6.07) is 7.65. The number of halogens is 3. The molecule has 0 saturated carbocycles. The van der Waals surface area contributed by atoms with E-state index in [0.717, 1.165) is 61.7 Å². The second kappa shape index (κ2) is 11.9. The molecule has 0 atom stereocenters. The Labute approximate surface area is 219 Å². The molecule has 0 aliphatic carbocycles. The lowest BCUT2D eigenvalue weighted by Crippen LogP contribution is -2.52. The second-order valence-corrected chi connectivity index (χ2v) is 10.5. The van der Waals surface area contributed by atoms with Gasteiger partial charge in [0.05, 0.1) is 29.2 Å². The molecular weight excluding hydrogens is 519 g/mol. The summed E-state index contributed by atoms with van der Waals surface area (Å²) in [5, 5.41) is 7.94. The Morgan fingerprint density at radius 2 is 1.71 bits per heavy atom. The molecule has 0 radical (unpaired) electrons.